The summed E-state index contributed by atoms with van der Waals surface area (Å²) in [6.45, 7) is 0. The highest BCUT2D eigenvalue weighted by Crippen LogP contribution is 2.40. The molecule has 9 aromatic carbocycles. The summed E-state index contributed by atoms with van der Waals surface area (Å²) >= 11 is 1.24. The third-order valence-corrected chi connectivity index (χ3v) is 11.7. The van der Waals surface area contributed by atoms with Crippen LogP contribution in [0.4, 0.5) is 0 Å². The monoisotopic (exact) mass is 744 g/mol. The second-order valence-electron chi connectivity index (χ2n) is 14.4. The van der Waals surface area contributed by atoms with Crippen LogP contribution >= 0.6 is 11.7 Å². The highest BCUT2D eigenvalue weighted by molar-refractivity contribution is 7.00. The van der Waals surface area contributed by atoms with Gasteiger partial charge in [-0.15, -0.1) is 0 Å². The summed E-state index contributed by atoms with van der Waals surface area (Å²) in [5, 5.41) is 12.4. The Balaban J connectivity index is 1.09. The lowest BCUT2D eigenvalue weighted by molar-refractivity contribution is 1.08. The van der Waals surface area contributed by atoms with Gasteiger partial charge in [-0.2, -0.15) is 8.75 Å². The number of para-hydroxylation sites is 1. The van der Waals surface area contributed by atoms with E-state index in [9.17, 15) is 0 Å². The molecular weight excluding hydrogens is 717 g/mol. The predicted molar refractivity (Wildman–Crippen MR) is 235 cm³/mol. The Morgan fingerprint density at radius 3 is 1.47 bits per heavy atom. The Hall–Kier alpha value is -7.48. The molecule has 0 amide bonds. The average Bonchev–Trinajstić information content (AvgIpc) is 3.78. The summed E-state index contributed by atoms with van der Waals surface area (Å²) in [5.74, 6) is 1.85. The Labute approximate surface area is 330 Å². The zero-order valence-corrected chi connectivity index (χ0v) is 31.1. The van der Waals surface area contributed by atoms with Crippen LogP contribution in [0.1, 0.15) is 0 Å². The second kappa shape index (κ2) is 12.5. The Morgan fingerprint density at radius 2 is 0.842 bits per heavy atom. The molecule has 0 unspecified atom stereocenters. The number of aromatic nitrogens is 6. The van der Waals surface area contributed by atoms with Crippen molar-refractivity contribution in [1.29, 1.82) is 0 Å². The van der Waals surface area contributed by atoms with Crippen molar-refractivity contribution in [1.82, 2.24) is 28.7 Å². The molecule has 0 spiro atoms. The summed E-state index contributed by atoms with van der Waals surface area (Å²) in [7, 11) is 0. The molecule has 0 bridgehead atoms. The van der Waals surface area contributed by atoms with E-state index in [4.69, 9.17) is 24.3 Å². The molecule has 0 aliphatic rings. The van der Waals surface area contributed by atoms with Crippen LogP contribution in [0.5, 0.6) is 0 Å². The first-order valence-corrected chi connectivity index (χ1v) is 19.6. The van der Waals surface area contributed by atoms with Gasteiger partial charge in [-0.1, -0.05) is 140 Å². The molecule has 6 nitrogen and oxygen atoms in total. The van der Waals surface area contributed by atoms with Crippen molar-refractivity contribution in [3.63, 3.8) is 0 Å². The molecule has 0 saturated heterocycles. The number of nitrogens with zero attached hydrogens (tertiary/aromatic N) is 6. The molecule has 0 radical (unpaired) electrons. The molecule has 0 saturated carbocycles. The normalized spacial score (nSPS) is 11.9. The first-order chi connectivity index (χ1) is 28.2. The summed E-state index contributed by atoms with van der Waals surface area (Å²) in [6.07, 6.45) is 0. The highest BCUT2D eigenvalue weighted by atomic mass is 32.1. The summed E-state index contributed by atoms with van der Waals surface area (Å²) in [4.78, 5) is 21.1. The molecule has 57 heavy (non-hydrogen) atoms. The van der Waals surface area contributed by atoms with E-state index >= 15 is 0 Å². The molecule has 0 fully saturated rings. The predicted octanol–water partition coefficient (Wildman–Crippen LogP) is 12.9. The average molecular weight is 745 g/mol. The topological polar surface area (TPSA) is 77.3 Å². The van der Waals surface area contributed by atoms with Gasteiger partial charge in [0.2, 0.25) is 0 Å². The Kier molecular flexibility index (Phi) is 7.00. The van der Waals surface area contributed by atoms with Gasteiger partial charge in [-0.05, 0) is 73.4 Å². The Morgan fingerprint density at radius 1 is 0.333 bits per heavy atom. The fourth-order valence-electron chi connectivity index (χ4n) is 8.51. The van der Waals surface area contributed by atoms with Crippen molar-refractivity contribution in [2.45, 2.75) is 0 Å². The third-order valence-electron chi connectivity index (χ3n) is 11.2. The fraction of sp³-hybridized carbons (Fsp3) is 0. The van der Waals surface area contributed by atoms with E-state index in [1.165, 1.54) is 22.5 Å². The summed E-state index contributed by atoms with van der Waals surface area (Å²) in [6, 6.07) is 59.3. The maximum Gasteiger partial charge on any atom is 0.164 e. The molecule has 12 rings (SSSR count). The molecule has 7 heteroatoms. The molecule has 0 atom stereocenters. The molecule has 3 heterocycles. The number of hydrogen-bond donors (Lipinski definition) is 0. The second-order valence-corrected chi connectivity index (χ2v) is 14.9. The van der Waals surface area contributed by atoms with Crippen LogP contribution in [0.3, 0.4) is 0 Å². The minimum Gasteiger partial charge on any atom is -0.247 e. The minimum absolute atomic E-state index is 0.600. The van der Waals surface area contributed by atoms with Gasteiger partial charge in [0.1, 0.15) is 11.0 Å². The molecule has 0 aliphatic carbocycles. The van der Waals surface area contributed by atoms with Gasteiger partial charge in [-0.25, -0.2) is 19.9 Å². The lowest BCUT2D eigenvalue weighted by atomic mass is 9.96. The number of pyridine rings is 1. The van der Waals surface area contributed by atoms with E-state index < -0.39 is 0 Å². The van der Waals surface area contributed by atoms with Crippen molar-refractivity contribution in [3.05, 3.63) is 170 Å². The number of rotatable bonds is 4. The number of fused-ring (bicyclic) bond motifs is 11. The van der Waals surface area contributed by atoms with Gasteiger partial charge >= 0.3 is 0 Å². The third kappa shape index (κ3) is 5.03. The van der Waals surface area contributed by atoms with Crippen molar-refractivity contribution in [2.75, 3.05) is 0 Å². The minimum atomic E-state index is 0.600. The van der Waals surface area contributed by atoms with Crippen LogP contribution in [-0.2, 0) is 0 Å². The summed E-state index contributed by atoms with van der Waals surface area (Å²) < 4.78 is 9.24. The van der Waals surface area contributed by atoms with Gasteiger partial charge in [0.25, 0.3) is 0 Å². The summed E-state index contributed by atoms with van der Waals surface area (Å²) in [5.41, 5.74) is 7.42. The molecular formula is C50H28N6S. The van der Waals surface area contributed by atoms with Crippen LogP contribution < -0.4 is 0 Å². The molecule has 0 aliphatic heterocycles. The van der Waals surface area contributed by atoms with E-state index in [1.54, 1.807) is 0 Å². The van der Waals surface area contributed by atoms with Crippen molar-refractivity contribution < 1.29 is 0 Å². The first kappa shape index (κ1) is 31.8. The standard InChI is InChI=1S/C50H28N6S/c1-3-13-33-31(11-1)27-41(37-17-7-5-15-35(33)37)49-52-48(53-50(54-49)42-28-32-12-2-4-14-34(32)36-16-6-8-18-38(36)42)30-23-21-29(22-24-30)46-40-25-26-44-47(56-57-55-44)45(40)39-19-9-10-20-43(39)51-46/h1-28H. The van der Waals surface area contributed by atoms with Crippen molar-refractivity contribution in [2.24, 2.45) is 0 Å². The zero-order chi connectivity index (χ0) is 37.5. The van der Waals surface area contributed by atoms with Gasteiger partial charge in [-0.3, -0.25) is 0 Å². The Bertz CT molecular complexity index is 3460. The molecule has 3 aromatic heterocycles. The maximum atomic E-state index is 5.32. The van der Waals surface area contributed by atoms with Crippen molar-refractivity contribution in [3.8, 4) is 45.4 Å². The quantitative estimate of drug-likeness (QED) is 0.167. The zero-order valence-electron chi connectivity index (χ0n) is 30.3. The van der Waals surface area contributed by atoms with Gasteiger partial charge in [0, 0.05) is 38.4 Å². The van der Waals surface area contributed by atoms with Crippen LogP contribution in [0.15, 0.2) is 170 Å². The van der Waals surface area contributed by atoms with Crippen LogP contribution in [-0.4, -0.2) is 28.7 Å². The van der Waals surface area contributed by atoms with Gasteiger partial charge < -0.3 is 0 Å². The smallest absolute Gasteiger partial charge is 0.164 e. The van der Waals surface area contributed by atoms with E-state index in [-0.39, 0.29) is 0 Å². The molecule has 12 aromatic rings. The van der Waals surface area contributed by atoms with E-state index in [2.05, 4.69) is 162 Å². The largest absolute Gasteiger partial charge is 0.247 e. The lowest BCUT2D eigenvalue weighted by Gasteiger charge is -2.14. The molecule has 264 valence electrons. The van der Waals surface area contributed by atoms with E-state index in [0.29, 0.717) is 17.5 Å². The maximum absolute atomic E-state index is 5.32. The number of benzene rings is 9. The molecule has 0 N–H and O–H groups in total. The lowest BCUT2D eigenvalue weighted by Crippen LogP contribution is -2.01. The SMILES string of the molecule is c1ccc2c(c1)cc(-c1nc(-c3ccc(-c4nc5ccccc5c5c4ccc4nsnc45)cc3)nc(-c3cc4ccccc4c4ccccc34)n1)c1ccccc12. The van der Waals surface area contributed by atoms with E-state index in [0.717, 1.165) is 93.0 Å². The van der Waals surface area contributed by atoms with Crippen LogP contribution in [0.25, 0.3) is 121 Å². The van der Waals surface area contributed by atoms with E-state index in [1.807, 2.05) is 12.1 Å². The van der Waals surface area contributed by atoms with Gasteiger partial charge in [0.15, 0.2) is 17.5 Å². The first-order valence-electron chi connectivity index (χ1n) is 18.9. The van der Waals surface area contributed by atoms with Gasteiger partial charge in [0.05, 0.1) is 22.9 Å². The highest BCUT2D eigenvalue weighted by Gasteiger charge is 2.19. The van der Waals surface area contributed by atoms with Crippen molar-refractivity contribution >= 4 is 87.5 Å². The number of hydrogen-bond acceptors (Lipinski definition) is 7. The van der Waals surface area contributed by atoms with Crippen LogP contribution in [0.2, 0.25) is 0 Å². The van der Waals surface area contributed by atoms with Crippen LogP contribution in [0, 0.1) is 0 Å². The fourth-order valence-corrected chi connectivity index (χ4v) is 9.05.